The van der Waals surface area contributed by atoms with E-state index in [0.29, 0.717) is 5.56 Å². The highest BCUT2D eigenvalue weighted by Gasteiger charge is 2.15. The van der Waals surface area contributed by atoms with Gasteiger partial charge in [0.2, 0.25) is 0 Å². The van der Waals surface area contributed by atoms with Gasteiger partial charge in [-0.1, -0.05) is 55.0 Å². The fraction of sp³-hybridized carbons (Fsp3) is 0.571. The molecule has 4 heteroatoms. The molecule has 0 aliphatic heterocycles. The maximum absolute atomic E-state index is 13.7. The SMILES string of the molecule is CCCCCCCC(Br)c1cc(F)c(Br)cc1F. The lowest BCUT2D eigenvalue weighted by Gasteiger charge is -2.12. The summed E-state index contributed by atoms with van der Waals surface area (Å²) >= 11 is 6.42. The minimum atomic E-state index is -0.415. The highest BCUT2D eigenvalue weighted by molar-refractivity contribution is 9.10. The summed E-state index contributed by atoms with van der Waals surface area (Å²) in [4.78, 5) is -0.110. The smallest absolute Gasteiger partial charge is 0.137 e. The molecular weight excluding hydrogens is 366 g/mol. The molecule has 0 spiro atoms. The number of halogens is 4. The number of hydrogen-bond acceptors (Lipinski definition) is 0. The molecule has 0 aliphatic rings. The van der Waals surface area contributed by atoms with Crippen LogP contribution in [0.4, 0.5) is 8.78 Å². The van der Waals surface area contributed by atoms with E-state index in [2.05, 4.69) is 38.8 Å². The topological polar surface area (TPSA) is 0 Å². The van der Waals surface area contributed by atoms with Gasteiger partial charge in [0, 0.05) is 10.4 Å². The maximum atomic E-state index is 13.7. The van der Waals surface area contributed by atoms with Gasteiger partial charge < -0.3 is 0 Å². The average molecular weight is 384 g/mol. The molecule has 0 saturated carbocycles. The molecule has 1 rings (SSSR count). The molecule has 0 nitrogen and oxygen atoms in total. The van der Waals surface area contributed by atoms with Crippen LogP contribution in [0.25, 0.3) is 0 Å². The van der Waals surface area contributed by atoms with Gasteiger partial charge in [-0.2, -0.15) is 0 Å². The van der Waals surface area contributed by atoms with Crippen molar-refractivity contribution in [2.45, 2.75) is 50.3 Å². The van der Waals surface area contributed by atoms with Crippen molar-refractivity contribution in [1.29, 1.82) is 0 Å². The summed E-state index contributed by atoms with van der Waals surface area (Å²) in [6, 6.07) is 2.46. The minimum absolute atomic E-state index is 0.110. The third-order valence-corrected chi connectivity index (χ3v) is 4.50. The quantitative estimate of drug-likeness (QED) is 0.285. The zero-order valence-corrected chi connectivity index (χ0v) is 13.7. The van der Waals surface area contributed by atoms with Crippen LogP contribution < -0.4 is 0 Å². The lowest BCUT2D eigenvalue weighted by Crippen LogP contribution is -1.97. The number of benzene rings is 1. The van der Waals surface area contributed by atoms with Crippen molar-refractivity contribution < 1.29 is 8.78 Å². The molecule has 102 valence electrons. The first kappa shape index (κ1) is 16.1. The first-order valence-corrected chi connectivity index (χ1v) is 8.05. The van der Waals surface area contributed by atoms with Gasteiger partial charge >= 0.3 is 0 Å². The minimum Gasteiger partial charge on any atom is -0.207 e. The summed E-state index contributed by atoms with van der Waals surface area (Å²) in [6.45, 7) is 2.17. The fourth-order valence-electron chi connectivity index (χ4n) is 1.86. The van der Waals surface area contributed by atoms with Crippen molar-refractivity contribution in [3.63, 3.8) is 0 Å². The van der Waals surface area contributed by atoms with Crippen molar-refractivity contribution in [3.8, 4) is 0 Å². The van der Waals surface area contributed by atoms with Gasteiger partial charge in [-0.25, -0.2) is 8.78 Å². The molecule has 0 amide bonds. The number of rotatable bonds is 7. The lowest BCUT2D eigenvalue weighted by atomic mass is 10.0. The van der Waals surface area contributed by atoms with Gasteiger partial charge in [0.05, 0.1) is 4.47 Å². The number of hydrogen-bond donors (Lipinski definition) is 0. The van der Waals surface area contributed by atoms with Gasteiger partial charge in [-0.15, -0.1) is 0 Å². The van der Waals surface area contributed by atoms with E-state index in [1.807, 2.05) is 0 Å². The Labute approximate surface area is 124 Å². The molecule has 0 aromatic heterocycles. The Morgan fingerprint density at radius 2 is 1.72 bits per heavy atom. The molecule has 0 radical (unpaired) electrons. The van der Waals surface area contributed by atoms with Crippen molar-refractivity contribution in [2.24, 2.45) is 0 Å². The van der Waals surface area contributed by atoms with E-state index in [1.54, 1.807) is 0 Å². The normalized spacial score (nSPS) is 12.7. The largest absolute Gasteiger partial charge is 0.207 e. The van der Waals surface area contributed by atoms with Crippen LogP contribution in [0.1, 0.15) is 55.8 Å². The second-order valence-electron chi connectivity index (χ2n) is 4.46. The van der Waals surface area contributed by atoms with Crippen molar-refractivity contribution in [1.82, 2.24) is 0 Å². The predicted octanol–water partition coefficient (Wildman–Crippen LogP) is 6.52. The van der Waals surface area contributed by atoms with Crippen LogP contribution in [-0.4, -0.2) is 0 Å². The molecule has 1 aromatic carbocycles. The van der Waals surface area contributed by atoms with Crippen LogP contribution >= 0.6 is 31.9 Å². The van der Waals surface area contributed by atoms with Gasteiger partial charge in [-0.3, -0.25) is 0 Å². The summed E-state index contributed by atoms with van der Waals surface area (Å²) < 4.78 is 27.2. The number of unbranched alkanes of at least 4 members (excludes halogenated alkanes) is 4. The van der Waals surface area contributed by atoms with Crippen LogP contribution in [0.5, 0.6) is 0 Å². The fourth-order valence-corrected chi connectivity index (χ4v) is 2.85. The Morgan fingerprint density at radius 1 is 1.06 bits per heavy atom. The van der Waals surface area contributed by atoms with Crippen LogP contribution in [0.2, 0.25) is 0 Å². The van der Waals surface area contributed by atoms with Gasteiger partial charge in [0.15, 0.2) is 0 Å². The summed E-state index contributed by atoms with van der Waals surface area (Å²) in [5.74, 6) is -0.777. The molecule has 0 aliphatic carbocycles. The van der Waals surface area contributed by atoms with E-state index in [1.165, 1.54) is 31.4 Å². The second-order valence-corrected chi connectivity index (χ2v) is 6.42. The predicted molar refractivity (Wildman–Crippen MR) is 79.1 cm³/mol. The summed E-state index contributed by atoms with van der Waals surface area (Å²) in [7, 11) is 0. The third kappa shape index (κ3) is 4.96. The first-order chi connectivity index (χ1) is 8.56. The molecular formula is C14H18Br2F2. The maximum Gasteiger partial charge on any atom is 0.137 e. The Kier molecular flexibility index (Phi) is 7.38. The van der Waals surface area contributed by atoms with Gasteiger partial charge in [-0.05, 0) is 34.5 Å². The highest BCUT2D eigenvalue weighted by atomic mass is 79.9. The van der Waals surface area contributed by atoms with Crippen LogP contribution in [0, 0.1) is 11.6 Å². The molecule has 0 fully saturated rings. The van der Waals surface area contributed by atoms with E-state index >= 15 is 0 Å². The number of alkyl halides is 1. The van der Waals surface area contributed by atoms with Crippen molar-refractivity contribution in [2.75, 3.05) is 0 Å². The standard InChI is InChI=1S/C14H18Br2F2/c1-2-3-4-5-6-7-11(15)10-8-14(18)12(16)9-13(10)17/h8-9,11H,2-7H2,1H3. The first-order valence-electron chi connectivity index (χ1n) is 6.34. The van der Waals surface area contributed by atoms with Crippen molar-refractivity contribution >= 4 is 31.9 Å². The van der Waals surface area contributed by atoms with Crippen LogP contribution in [0.3, 0.4) is 0 Å². The Morgan fingerprint density at radius 3 is 2.39 bits per heavy atom. The summed E-state index contributed by atoms with van der Waals surface area (Å²) in [5, 5.41) is 0. The van der Waals surface area contributed by atoms with Crippen LogP contribution in [0.15, 0.2) is 16.6 Å². The molecule has 0 heterocycles. The van der Waals surface area contributed by atoms with Crippen LogP contribution in [-0.2, 0) is 0 Å². The van der Waals surface area contributed by atoms with E-state index in [-0.39, 0.29) is 15.1 Å². The third-order valence-electron chi connectivity index (χ3n) is 2.94. The zero-order valence-electron chi connectivity index (χ0n) is 10.5. The molecule has 0 saturated heterocycles. The van der Waals surface area contributed by atoms with E-state index in [0.717, 1.165) is 19.3 Å². The van der Waals surface area contributed by atoms with E-state index in [4.69, 9.17) is 0 Å². The van der Waals surface area contributed by atoms with E-state index in [9.17, 15) is 8.78 Å². The lowest BCUT2D eigenvalue weighted by molar-refractivity contribution is 0.562. The molecule has 0 N–H and O–H groups in total. The average Bonchev–Trinajstić information content (AvgIpc) is 2.33. The molecule has 1 aromatic rings. The monoisotopic (exact) mass is 382 g/mol. The molecule has 18 heavy (non-hydrogen) atoms. The van der Waals surface area contributed by atoms with Gasteiger partial charge in [0.1, 0.15) is 11.6 Å². The second kappa shape index (κ2) is 8.26. The molecule has 0 bridgehead atoms. The Hall–Kier alpha value is 0.0400. The summed E-state index contributed by atoms with van der Waals surface area (Å²) in [6.07, 6.45) is 6.69. The van der Waals surface area contributed by atoms with E-state index < -0.39 is 5.82 Å². The highest BCUT2D eigenvalue weighted by Crippen LogP contribution is 2.33. The van der Waals surface area contributed by atoms with Crippen molar-refractivity contribution in [3.05, 3.63) is 33.8 Å². The van der Waals surface area contributed by atoms with Gasteiger partial charge in [0.25, 0.3) is 0 Å². The summed E-state index contributed by atoms with van der Waals surface area (Å²) in [5.41, 5.74) is 0.409. The Bertz CT molecular complexity index is 380. The Balaban J connectivity index is 2.51. The molecule has 1 atom stereocenters. The zero-order chi connectivity index (χ0) is 13.5. The molecule has 1 unspecified atom stereocenters.